The predicted molar refractivity (Wildman–Crippen MR) is 110 cm³/mol. The van der Waals surface area contributed by atoms with Gasteiger partial charge in [-0.05, 0) is 32.6 Å². The highest BCUT2D eigenvalue weighted by atomic mass is 16.7. The van der Waals surface area contributed by atoms with Gasteiger partial charge >= 0.3 is 11.9 Å². The summed E-state index contributed by atoms with van der Waals surface area (Å²) in [6.45, 7) is 8.02. The van der Waals surface area contributed by atoms with Crippen LogP contribution in [-0.4, -0.2) is 44.7 Å². The number of hydrogen-bond acceptors (Lipinski definition) is 6. The molecule has 0 aromatic rings. The molecule has 28 heavy (non-hydrogen) atoms. The molecule has 0 saturated heterocycles. The van der Waals surface area contributed by atoms with Crippen molar-refractivity contribution < 1.29 is 28.5 Å². The molecule has 0 spiro atoms. The Morgan fingerprint density at radius 2 is 1.29 bits per heavy atom. The number of unbranched alkanes of at least 4 members (excludes halogenated alkanes) is 7. The van der Waals surface area contributed by atoms with Crippen LogP contribution in [0.2, 0.25) is 0 Å². The predicted octanol–water partition coefficient (Wildman–Crippen LogP) is 5.17. The molecule has 166 valence electrons. The molecule has 0 saturated carbocycles. The van der Waals surface area contributed by atoms with Crippen LogP contribution in [-0.2, 0) is 28.5 Å². The lowest BCUT2D eigenvalue weighted by molar-refractivity contribution is -0.191. The van der Waals surface area contributed by atoms with Crippen LogP contribution in [0.5, 0.6) is 0 Å². The zero-order chi connectivity index (χ0) is 20.9. The van der Waals surface area contributed by atoms with E-state index in [4.69, 9.17) is 18.9 Å². The number of hydrogen-bond donors (Lipinski definition) is 0. The minimum Gasteiger partial charge on any atom is -0.466 e. The summed E-state index contributed by atoms with van der Waals surface area (Å²) in [5, 5.41) is 0. The second-order valence-electron chi connectivity index (χ2n) is 7.00. The van der Waals surface area contributed by atoms with Crippen LogP contribution in [0.25, 0.3) is 0 Å². The van der Waals surface area contributed by atoms with Gasteiger partial charge in [-0.25, -0.2) is 0 Å². The van der Waals surface area contributed by atoms with E-state index in [0.29, 0.717) is 39.3 Å². The van der Waals surface area contributed by atoms with Gasteiger partial charge in [-0.2, -0.15) is 0 Å². The molecule has 0 fully saturated rings. The molecule has 1 unspecified atom stereocenters. The Hall–Kier alpha value is -1.14. The van der Waals surface area contributed by atoms with Gasteiger partial charge in [-0.15, -0.1) is 0 Å². The lowest BCUT2D eigenvalue weighted by Crippen LogP contribution is -2.27. The van der Waals surface area contributed by atoms with Gasteiger partial charge < -0.3 is 18.9 Å². The maximum absolute atomic E-state index is 12.0. The maximum atomic E-state index is 12.0. The Bertz CT molecular complexity index is 372. The smallest absolute Gasteiger partial charge is 0.308 e. The Morgan fingerprint density at radius 3 is 1.89 bits per heavy atom. The van der Waals surface area contributed by atoms with E-state index < -0.39 is 6.29 Å². The van der Waals surface area contributed by atoms with E-state index in [0.717, 1.165) is 64.2 Å². The van der Waals surface area contributed by atoms with Crippen LogP contribution < -0.4 is 0 Å². The van der Waals surface area contributed by atoms with Crippen LogP contribution in [0, 0.1) is 0 Å². The van der Waals surface area contributed by atoms with E-state index in [1.54, 1.807) is 0 Å². The zero-order valence-corrected chi connectivity index (χ0v) is 18.3. The molecule has 0 amide bonds. The minimum absolute atomic E-state index is 0.111. The summed E-state index contributed by atoms with van der Waals surface area (Å²) in [7, 11) is 0. The van der Waals surface area contributed by atoms with Crippen LogP contribution in [0.3, 0.4) is 0 Å². The summed E-state index contributed by atoms with van der Waals surface area (Å²) in [6.07, 6.45) is 10.2. The van der Waals surface area contributed by atoms with Crippen molar-refractivity contribution in [3.63, 3.8) is 0 Å². The highest BCUT2D eigenvalue weighted by Crippen LogP contribution is 2.10. The topological polar surface area (TPSA) is 71.1 Å². The number of ether oxygens (including phenoxy) is 4. The molecule has 0 bridgehead atoms. The van der Waals surface area contributed by atoms with Crippen molar-refractivity contribution in [2.45, 2.75) is 104 Å². The molecule has 0 aliphatic heterocycles. The second-order valence-corrected chi connectivity index (χ2v) is 7.00. The molecule has 6 heteroatoms. The van der Waals surface area contributed by atoms with E-state index in [9.17, 15) is 9.59 Å². The van der Waals surface area contributed by atoms with Crippen molar-refractivity contribution in [2.24, 2.45) is 0 Å². The highest BCUT2D eigenvalue weighted by molar-refractivity contribution is 5.69. The molecule has 0 rings (SSSR count). The van der Waals surface area contributed by atoms with Crippen molar-refractivity contribution in [3.05, 3.63) is 0 Å². The minimum atomic E-state index is -0.598. The van der Waals surface area contributed by atoms with Crippen LogP contribution in [0.15, 0.2) is 0 Å². The third-order valence-electron chi connectivity index (χ3n) is 4.28. The standard InChI is InChI=1S/C22H42O6/c1-4-7-17-25-19-22(27-18-8-5-2)28-21(24)16-14-12-10-9-11-13-15-20(23)26-6-3/h22H,4-19H2,1-3H3. The third-order valence-corrected chi connectivity index (χ3v) is 4.28. The lowest BCUT2D eigenvalue weighted by Gasteiger charge is -2.18. The molecule has 0 radical (unpaired) electrons. The van der Waals surface area contributed by atoms with Gasteiger partial charge in [0.05, 0.1) is 13.2 Å². The lowest BCUT2D eigenvalue weighted by atomic mass is 10.1. The van der Waals surface area contributed by atoms with Crippen LogP contribution in [0.4, 0.5) is 0 Å². The van der Waals surface area contributed by atoms with E-state index >= 15 is 0 Å². The molecular weight excluding hydrogens is 360 g/mol. The third kappa shape index (κ3) is 18.2. The molecule has 0 aliphatic rings. The van der Waals surface area contributed by atoms with Crippen LogP contribution >= 0.6 is 0 Å². The van der Waals surface area contributed by atoms with Gasteiger partial charge in [0, 0.05) is 19.4 Å². The summed E-state index contributed by atoms with van der Waals surface area (Å²) < 4.78 is 21.5. The SMILES string of the molecule is CCCCOCC(OCCCC)OC(=O)CCCCCCCCC(=O)OCC. The Labute approximate surface area is 171 Å². The van der Waals surface area contributed by atoms with Gasteiger partial charge in [0.25, 0.3) is 0 Å². The summed E-state index contributed by atoms with van der Waals surface area (Å²) in [6, 6.07) is 0. The maximum Gasteiger partial charge on any atom is 0.308 e. The molecule has 0 aliphatic carbocycles. The fourth-order valence-electron chi connectivity index (χ4n) is 2.59. The molecule has 0 aromatic heterocycles. The first-order chi connectivity index (χ1) is 13.6. The molecule has 0 N–H and O–H groups in total. The van der Waals surface area contributed by atoms with Crippen molar-refractivity contribution in [2.75, 3.05) is 26.4 Å². The van der Waals surface area contributed by atoms with E-state index in [1.807, 2.05) is 6.92 Å². The Balaban J connectivity index is 3.77. The first kappa shape index (κ1) is 26.9. The summed E-state index contributed by atoms with van der Waals surface area (Å²) in [5.74, 6) is -0.331. The quantitative estimate of drug-likeness (QED) is 0.159. The average Bonchev–Trinajstić information content (AvgIpc) is 2.67. The van der Waals surface area contributed by atoms with Gasteiger partial charge in [-0.3, -0.25) is 9.59 Å². The first-order valence-corrected chi connectivity index (χ1v) is 11.2. The highest BCUT2D eigenvalue weighted by Gasteiger charge is 2.15. The second kappa shape index (κ2) is 20.6. The molecule has 6 nitrogen and oxygen atoms in total. The van der Waals surface area contributed by atoms with Crippen molar-refractivity contribution in [3.8, 4) is 0 Å². The molecular formula is C22H42O6. The number of carbonyl (C=O) groups excluding carboxylic acids is 2. The Morgan fingerprint density at radius 1 is 0.714 bits per heavy atom. The van der Waals surface area contributed by atoms with Gasteiger partial charge in [-0.1, -0.05) is 52.4 Å². The van der Waals surface area contributed by atoms with Crippen molar-refractivity contribution in [1.29, 1.82) is 0 Å². The van der Waals surface area contributed by atoms with Crippen molar-refractivity contribution in [1.82, 2.24) is 0 Å². The Kier molecular flexibility index (Phi) is 19.8. The van der Waals surface area contributed by atoms with E-state index in [1.165, 1.54) is 0 Å². The van der Waals surface area contributed by atoms with Crippen LogP contribution in [0.1, 0.15) is 97.8 Å². The average molecular weight is 403 g/mol. The number of esters is 2. The zero-order valence-electron chi connectivity index (χ0n) is 18.3. The molecule has 1 atom stereocenters. The summed E-state index contributed by atoms with van der Waals surface area (Å²) >= 11 is 0. The number of rotatable bonds is 20. The van der Waals surface area contributed by atoms with Crippen molar-refractivity contribution >= 4 is 11.9 Å². The van der Waals surface area contributed by atoms with Gasteiger partial charge in [0.2, 0.25) is 6.29 Å². The molecule has 0 aromatic carbocycles. The van der Waals surface area contributed by atoms with Gasteiger partial charge in [0.1, 0.15) is 6.61 Å². The first-order valence-electron chi connectivity index (χ1n) is 11.2. The monoisotopic (exact) mass is 402 g/mol. The molecule has 0 heterocycles. The van der Waals surface area contributed by atoms with Gasteiger partial charge in [0.15, 0.2) is 0 Å². The number of carbonyl (C=O) groups is 2. The fraction of sp³-hybridized carbons (Fsp3) is 0.909. The normalized spacial score (nSPS) is 12.0. The largest absolute Gasteiger partial charge is 0.466 e. The summed E-state index contributed by atoms with van der Waals surface area (Å²) in [5.41, 5.74) is 0. The van der Waals surface area contributed by atoms with E-state index in [2.05, 4.69) is 13.8 Å². The van der Waals surface area contributed by atoms with E-state index in [-0.39, 0.29) is 11.9 Å². The fourth-order valence-corrected chi connectivity index (χ4v) is 2.59. The summed E-state index contributed by atoms with van der Waals surface area (Å²) in [4.78, 5) is 23.3.